The molecule has 0 saturated heterocycles. The van der Waals surface area contributed by atoms with Gasteiger partial charge in [-0.15, -0.1) is 12.4 Å². The van der Waals surface area contributed by atoms with E-state index < -0.39 is 0 Å². The number of rotatable bonds is 7. The van der Waals surface area contributed by atoms with Crippen LogP contribution in [-0.4, -0.2) is 36.3 Å². The highest BCUT2D eigenvalue weighted by Gasteiger charge is 2.11. The lowest BCUT2D eigenvalue weighted by Gasteiger charge is -2.20. The predicted octanol–water partition coefficient (Wildman–Crippen LogP) is 0.922. The molecule has 0 saturated carbocycles. The van der Waals surface area contributed by atoms with Crippen LogP contribution >= 0.6 is 12.4 Å². The van der Waals surface area contributed by atoms with Gasteiger partial charge in [0.05, 0.1) is 0 Å². The normalized spacial score (nSPS) is 9.50. The first-order valence-electron chi connectivity index (χ1n) is 6.39. The van der Waals surface area contributed by atoms with Crippen molar-refractivity contribution in [1.29, 1.82) is 0 Å². The number of amides is 2. The second kappa shape index (κ2) is 10.2. The van der Waals surface area contributed by atoms with Crippen LogP contribution in [-0.2, 0) is 16.1 Å². The molecule has 2 amide bonds. The van der Waals surface area contributed by atoms with Crippen molar-refractivity contribution in [3.63, 3.8) is 0 Å². The smallest absolute Gasteiger partial charge is 0.221 e. The van der Waals surface area contributed by atoms with Gasteiger partial charge in [0.25, 0.3) is 0 Å². The fourth-order valence-corrected chi connectivity index (χ4v) is 1.69. The van der Waals surface area contributed by atoms with Crippen molar-refractivity contribution < 1.29 is 9.59 Å². The van der Waals surface area contributed by atoms with E-state index in [1.165, 1.54) is 6.92 Å². The van der Waals surface area contributed by atoms with Gasteiger partial charge in [-0.1, -0.05) is 30.3 Å². The minimum absolute atomic E-state index is 0. The summed E-state index contributed by atoms with van der Waals surface area (Å²) in [7, 11) is 0. The number of hydrogen-bond acceptors (Lipinski definition) is 3. The maximum absolute atomic E-state index is 11.5. The Labute approximate surface area is 125 Å². The molecule has 0 fully saturated rings. The van der Waals surface area contributed by atoms with Crippen molar-refractivity contribution in [2.45, 2.75) is 19.9 Å². The Kier molecular flexibility index (Phi) is 9.41. The van der Waals surface area contributed by atoms with Crippen molar-refractivity contribution in [3.05, 3.63) is 35.9 Å². The summed E-state index contributed by atoms with van der Waals surface area (Å²) < 4.78 is 0. The first-order chi connectivity index (χ1) is 9.13. The van der Waals surface area contributed by atoms with Gasteiger partial charge in [0.2, 0.25) is 11.8 Å². The second-order valence-electron chi connectivity index (χ2n) is 4.31. The van der Waals surface area contributed by atoms with Crippen molar-refractivity contribution in [2.24, 2.45) is 5.73 Å². The zero-order valence-electron chi connectivity index (χ0n) is 11.7. The first-order valence-corrected chi connectivity index (χ1v) is 6.39. The van der Waals surface area contributed by atoms with Crippen LogP contribution in [0.4, 0.5) is 0 Å². The fraction of sp³-hybridized carbons (Fsp3) is 0.429. The van der Waals surface area contributed by atoms with Gasteiger partial charge >= 0.3 is 0 Å². The Morgan fingerprint density at radius 1 is 1.25 bits per heavy atom. The van der Waals surface area contributed by atoms with E-state index in [1.807, 2.05) is 30.3 Å². The number of nitrogens with two attached hydrogens (primary N) is 1. The SMILES string of the molecule is CC(=O)N(CCC(=O)NCCN)Cc1ccccc1.Cl. The third-order valence-electron chi connectivity index (χ3n) is 2.74. The molecule has 3 N–H and O–H groups in total. The van der Waals surface area contributed by atoms with Gasteiger partial charge < -0.3 is 16.0 Å². The predicted molar refractivity (Wildman–Crippen MR) is 81.5 cm³/mol. The van der Waals surface area contributed by atoms with Crippen LogP contribution in [0, 0.1) is 0 Å². The maximum Gasteiger partial charge on any atom is 0.221 e. The van der Waals surface area contributed by atoms with Crippen molar-refractivity contribution in [3.8, 4) is 0 Å². The molecular formula is C14H22ClN3O2. The number of carbonyl (C=O) groups excluding carboxylic acids is 2. The van der Waals surface area contributed by atoms with Crippen molar-refractivity contribution in [1.82, 2.24) is 10.2 Å². The van der Waals surface area contributed by atoms with E-state index in [-0.39, 0.29) is 24.2 Å². The van der Waals surface area contributed by atoms with E-state index >= 15 is 0 Å². The Bertz CT molecular complexity index is 412. The van der Waals surface area contributed by atoms with Gasteiger partial charge in [-0.3, -0.25) is 9.59 Å². The van der Waals surface area contributed by atoms with E-state index in [9.17, 15) is 9.59 Å². The summed E-state index contributed by atoms with van der Waals surface area (Å²) in [6, 6.07) is 9.72. The van der Waals surface area contributed by atoms with Gasteiger partial charge in [-0.25, -0.2) is 0 Å². The van der Waals surface area contributed by atoms with Crippen LogP contribution < -0.4 is 11.1 Å². The quantitative estimate of drug-likeness (QED) is 0.786. The highest BCUT2D eigenvalue weighted by atomic mass is 35.5. The summed E-state index contributed by atoms with van der Waals surface area (Å²) in [5.41, 5.74) is 6.36. The minimum atomic E-state index is -0.0789. The molecule has 0 radical (unpaired) electrons. The van der Waals surface area contributed by atoms with Crippen LogP contribution in [0.5, 0.6) is 0 Å². The lowest BCUT2D eigenvalue weighted by molar-refractivity contribution is -0.130. The summed E-state index contributed by atoms with van der Waals surface area (Å²) in [5, 5.41) is 2.69. The van der Waals surface area contributed by atoms with Gasteiger partial charge in [-0.2, -0.15) is 0 Å². The van der Waals surface area contributed by atoms with Crippen LogP contribution in [0.15, 0.2) is 30.3 Å². The average molecular weight is 300 g/mol. The fourth-order valence-electron chi connectivity index (χ4n) is 1.69. The summed E-state index contributed by atoms with van der Waals surface area (Å²) in [6.07, 6.45) is 0.298. The summed E-state index contributed by atoms with van der Waals surface area (Å²) in [5.74, 6) is -0.111. The number of carbonyl (C=O) groups is 2. The zero-order valence-corrected chi connectivity index (χ0v) is 12.5. The largest absolute Gasteiger partial charge is 0.355 e. The van der Waals surface area contributed by atoms with E-state index in [1.54, 1.807) is 4.90 Å². The minimum Gasteiger partial charge on any atom is -0.355 e. The highest BCUT2D eigenvalue weighted by Crippen LogP contribution is 2.05. The molecule has 5 nitrogen and oxygen atoms in total. The van der Waals surface area contributed by atoms with Gasteiger partial charge in [0, 0.05) is 39.5 Å². The average Bonchev–Trinajstić information content (AvgIpc) is 2.41. The molecule has 0 heterocycles. The van der Waals surface area contributed by atoms with Crippen LogP contribution in [0.3, 0.4) is 0 Å². The Morgan fingerprint density at radius 2 is 1.90 bits per heavy atom. The van der Waals surface area contributed by atoms with Gasteiger partial charge in [0.15, 0.2) is 0 Å². The summed E-state index contributed by atoms with van der Waals surface area (Å²) in [6.45, 7) is 3.35. The van der Waals surface area contributed by atoms with Crippen LogP contribution in [0.25, 0.3) is 0 Å². The molecule has 0 aromatic heterocycles. The standard InChI is InChI=1S/C14H21N3O2.ClH/c1-12(18)17(10-7-14(19)16-9-8-15)11-13-5-3-2-4-6-13;/h2-6H,7-11,15H2,1H3,(H,16,19);1H. The maximum atomic E-state index is 11.5. The molecule has 0 bridgehead atoms. The Hall–Kier alpha value is -1.59. The van der Waals surface area contributed by atoms with Gasteiger partial charge in [0.1, 0.15) is 0 Å². The molecule has 112 valence electrons. The third-order valence-corrected chi connectivity index (χ3v) is 2.74. The summed E-state index contributed by atoms with van der Waals surface area (Å²) in [4.78, 5) is 24.7. The molecule has 20 heavy (non-hydrogen) atoms. The Balaban J connectivity index is 0.00000361. The molecule has 0 aliphatic carbocycles. The second-order valence-corrected chi connectivity index (χ2v) is 4.31. The zero-order chi connectivity index (χ0) is 14.1. The molecule has 1 aromatic rings. The van der Waals surface area contributed by atoms with Crippen molar-refractivity contribution >= 4 is 24.2 Å². The molecule has 1 rings (SSSR count). The van der Waals surface area contributed by atoms with Crippen molar-refractivity contribution in [2.75, 3.05) is 19.6 Å². The number of nitrogens with one attached hydrogen (secondary N) is 1. The van der Waals surface area contributed by atoms with Gasteiger partial charge in [-0.05, 0) is 5.56 Å². The number of hydrogen-bond donors (Lipinski definition) is 2. The lowest BCUT2D eigenvalue weighted by atomic mass is 10.2. The highest BCUT2D eigenvalue weighted by molar-refractivity contribution is 5.85. The van der Waals surface area contributed by atoms with Crippen LogP contribution in [0.2, 0.25) is 0 Å². The molecule has 0 aliphatic rings. The van der Waals surface area contributed by atoms with E-state index in [2.05, 4.69) is 5.32 Å². The monoisotopic (exact) mass is 299 g/mol. The first kappa shape index (κ1) is 18.4. The number of nitrogens with zero attached hydrogens (tertiary/aromatic N) is 1. The molecule has 6 heteroatoms. The summed E-state index contributed by atoms with van der Waals surface area (Å²) >= 11 is 0. The van der Waals surface area contributed by atoms with E-state index in [4.69, 9.17) is 5.73 Å². The molecular weight excluding hydrogens is 278 g/mol. The topological polar surface area (TPSA) is 75.4 Å². The lowest BCUT2D eigenvalue weighted by Crippen LogP contribution is -2.35. The molecule has 1 aromatic carbocycles. The number of halogens is 1. The molecule has 0 atom stereocenters. The Morgan fingerprint density at radius 3 is 2.45 bits per heavy atom. The van der Waals surface area contributed by atoms with E-state index in [0.29, 0.717) is 32.6 Å². The van der Waals surface area contributed by atoms with E-state index in [0.717, 1.165) is 5.56 Å². The molecule has 0 unspecified atom stereocenters. The number of benzene rings is 1. The third kappa shape index (κ3) is 7.11. The van der Waals surface area contributed by atoms with Crippen LogP contribution in [0.1, 0.15) is 18.9 Å². The molecule has 0 spiro atoms. The molecule has 0 aliphatic heterocycles.